The second-order valence-corrected chi connectivity index (χ2v) is 18.8. The first-order chi connectivity index (χ1) is 36.2. The molecule has 0 saturated carbocycles. The minimum Gasteiger partial charge on any atom is -0.333 e. The lowest BCUT2D eigenvalue weighted by Crippen LogP contribution is -2.30. The van der Waals surface area contributed by atoms with Gasteiger partial charge in [-0.25, -0.2) is 0 Å². The number of rotatable bonds is 13. The van der Waals surface area contributed by atoms with E-state index >= 15 is 0 Å². The van der Waals surface area contributed by atoms with Crippen LogP contribution in [0.1, 0.15) is 34.6 Å². The fraction of sp³-hybridized carbons (Fsp3) is 0.0571. The van der Waals surface area contributed by atoms with E-state index in [0.29, 0.717) is 0 Å². The lowest BCUT2D eigenvalue weighted by molar-refractivity contribution is 0.785. The van der Waals surface area contributed by atoms with Gasteiger partial charge < -0.3 is 14.7 Å². The zero-order valence-electron chi connectivity index (χ0n) is 40.9. The normalized spacial score (nSPS) is 13.1. The first kappa shape index (κ1) is 45.0. The van der Waals surface area contributed by atoms with Crippen molar-refractivity contribution in [2.24, 2.45) is 0 Å². The average molecular weight is 938 g/mol. The molecule has 0 N–H and O–H groups in total. The van der Waals surface area contributed by atoms with Gasteiger partial charge in [-0.05, 0) is 142 Å². The van der Waals surface area contributed by atoms with E-state index in [2.05, 4.69) is 313 Å². The van der Waals surface area contributed by atoms with Crippen molar-refractivity contribution >= 4 is 67.0 Å². The summed E-state index contributed by atoms with van der Waals surface area (Å²) in [5.41, 5.74) is 16.5. The van der Waals surface area contributed by atoms with Gasteiger partial charge in [0.15, 0.2) is 0 Å². The number of anilines is 8. The highest BCUT2D eigenvalue weighted by atomic mass is 15.2. The standard InChI is InChI=1S/C70H55N3/c1-51-50-67(63-37-21-23-39-66(63)70(51)73(58-34-18-7-19-35-58)61-42-40-54(41-43-61)69(52-24-8-2-9-25-52)53-26-10-3-11-27-53)64-48-49-68(65-38-22-20-36-62(64)65)72(57-32-16-6-17-33-57)60-46-44-59(45-47-60)71(55-28-12-4-13-29-55)56-30-14-5-15-31-56/h2-34,36-50,58,69H,35H2,1H3. The maximum Gasteiger partial charge on any atom is 0.0560 e. The molecule has 0 bridgehead atoms. The molecule has 3 nitrogen and oxygen atoms in total. The summed E-state index contributed by atoms with van der Waals surface area (Å²) in [6.07, 6.45) is 9.93. The van der Waals surface area contributed by atoms with E-state index in [0.717, 1.165) is 40.5 Å². The van der Waals surface area contributed by atoms with Gasteiger partial charge in [0, 0.05) is 50.8 Å². The Labute approximate surface area is 429 Å². The van der Waals surface area contributed by atoms with E-state index in [9.17, 15) is 0 Å². The van der Waals surface area contributed by atoms with Gasteiger partial charge in [-0.1, -0.05) is 206 Å². The van der Waals surface area contributed by atoms with Crippen LogP contribution in [-0.2, 0) is 0 Å². The van der Waals surface area contributed by atoms with Crippen LogP contribution in [0.15, 0.2) is 291 Å². The smallest absolute Gasteiger partial charge is 0.0560 e. The fourth-order valence-corrected chi connectivity index (χ4v) is 11.1. The van der Waals surface area contributed by atoms with Crippen molar-refractivity contribution in [1.82, 2.24) is 0 Å². The summed E-state index contributed by atoms with van der Waals surface area (Å²) >= 11 is 0. The summed E-state index contributed by atoms with van der Waals surface area (Å²) < 4.78 is 0. The molecule has 0 saturated heterocycles. The molecular formula is C70H55N3. The highest BCUT2D eigenvalue weighted by Crippen LogP contribution is 2.48. The van der Waals surface area contributed by atoms with Crippen LogP contribution in [0.3, 0.4) is 0 Å². The molecule has 0 heterocycles. The molecule has 73 heavy (non-hydrogen) atoms. The fourth-order valence-electron chi connectivity index (χ4n) is 11.1. The Morgan fingerprint density at radius 3 is 1.32 bits per heavy atom. The number of benzene rings is 11. The van der Waals surface area contributed by atoms with Crippen LogP contribution in [0.5, 0.6) is 0 Å². The van der Waals surface area contributed by atoms with Crippen LogP contribution in [0, 0.1) is 6.92 Å². The average Bonchev–Trinajstić information content (AvgIpc) is 3.46. The van der Waals surface area contributed by atoms with Crippen LogP contribution in [0.25, 0.3) is 32.7 Å². The van der Waals surface area contributed by atoms with E-state index in [-0.39, 0.29) is 12.0 Å². The summed E-state index contributed by atoms with van der Waals surface area (Å²) in [6, 6.07) is 97.2. The van der Waals surface area contributed by atoms with Crippen LogP contribution in [0.4, 0.5) is 45.5 Å². The van der Waals surface area contributed by atoms with E-state index in [1.54, 1.807) is 0 Å². The second kappa shape index (κ2) is 20.3. The van der Waals surface area contributed by atoms with Gasteiger partial charge in [-0.15, -0.1) is 0 Å². The van der Waals surface area contributed by atoms with Gasteiger partial charge in [0.2, 0.25) is 0 Å². The minimum absolute atomic E-state index is 0.126. The summed E-state index contributed by atoms with van der Waals surface area (Å²) in [5, 5.41) is 4.84. The van der Waals surface area contributed by atoms with Crippen molar-refractivity contribution in [3.05, 3.63) is 313 Å². The van der Waals surface area contributed by atoms with E-state index < -0.39 is 0 Å². The molecule has 1 unspecified atom stereocenters. The quantitative estimate of drug-likeness (QED) is 0.107. The molecule has 0 aromatic heterocycles. The topological polar surface area (TPSA) is 9.72 Å². The summed E-state index contributed by atoms with van der Waals surface area (Å²) in [5.74, 6) is 0.126. The molecule has 11 aromatic rings. The zero-order chi connectivity index (χ0) is 48.9. The summed E-state index contributed by atoms with van der Waals surface area (Å²) in [6.45, 7) is 2.30. The molecule has 0 fully saturated rings. The van der Waals surface area contributed by atoms with E-state index in [1.165, 1.54) is 66.3 Å². The minimum atomic E-state index is 0.126. The molecule has 0 amide bonds. The molecular weight excluding hydrogens is 883 g/mol. The number of hydrogen-bond acceptors (Lipinski definition) is 3. The third kappa shape index (κ3) is 8.87. The molecule has 11 aromatic carbocycles. The lowest BCUT2D eigenvalue weighted by atomic mass is 9.85. The first-order valence-electron chi connectivity index (χ1n) is 25.4. The van der Waals surface area contributed by atoms with Crippen LogP contribution >= 0.6 is 0 Å². The van der Waals surface area contributed by atoms with Crippen molar-refractivity contribution in [2.45, 2.75) is 25.3 Å². The maximum absolute atomic E-state index is 2.58. The molecule has 0 aliphatic heterocycles. The molecule has 1 aliphatic carbocycles. The van der Waals surface area contributed by atoms with Crippen molar-refractivity contribution in [1.29, 1.82) is 0 Å². The molecule has 12 rings (SSSR count). The van der Waals surface area contributed by atoms with Crippen molar-refractivity contribution < 1.29 is 0 Å². The second-order valence-electron chi connectivity index (χ2n) is 18.8. The molecule has 0 spiro atoms. The molecule has 3 heteroatoms. The SMILES string of the molecule is Cc1cc(-c2ccc(N(c3ccccc3)c3ccc(N(c4ccccc4)c4ccccc4)cc3)c3ccccc23)c2ccccc2c1N(c1ccc(C(c2ccccc2)c2ccccc2)cc1)C1C=CC=CC1. The van der Waals surface area contributed by atoms with E-state index in [4.69, 9.17) is 0 Å². The zero-order valence-corrected chi connectivity index (χ0v) is 40.9. The number of nitrogens with zero attached hydrogens (tertiary/aromatic N) is 3. The molecule has 350 valence electrons. The van der Waals surface area contributed by atoms with Crippen molar-refractivity contribution in [3.63, 3.8) is 0 Å². The number of allylic oxidation sites excluding steroid dienone is 2. The summed E-state index contributed by atoms with van der Waals surface area (Å²) in [4.78, 5) is 7.29. The number of hydrogen-bond donors (Lipinski definition) is 0. The highest BCUT2D eigenvalue weighted by Gasteiger charge is 2.26. The van der Waals surface area contributed by atoms with Gasteiger partial charge in [0.05, 0.1) is 17.4 Å². The van der Waals surface area contributed by atoms with Crippen LogP contribution in [0.2, 0.25) is 0 Å². The van der Waals surface area contributed by atoms with Gasteiger partial charge >= 0.3 is 0 Å². The largest absolute Gasteiger partial charge is 0.333 e. The Bertz CT molecular complexity index is 3620. The predicted molar refractivity (Wildman–Crippen MR) is 310 cm³/mol. The Morgan fingerprint density at radius 2 is 0.781 bits per heavy atom. The number of para-hydroxylation sites is 3. The van der Waals surface area contributed by atoms with Crippen LogP contribution < -0.4 is 14.7 Å². The lowest BCUT2D eigenvalue weighted by Gasteiger charge is -2.35. The number of aryl methyl sites for hydroxylation is 1. The Kier molecular flexibility index (Phi) is 12.5. The van der Waals surface area contributed by atoms with Gasteiger partial charge in [0.25, 0.3) is 0 Å². The third-order valence-corrected chi connectivity index (χ3v) is 14.3. The van der Waals surface area contributed by atoms with Gasteiger partial charge in [-0.2, -0.15) is 0 Å². The molecule has 1 atom stereocenters. The Morgan fingerprint density at radius 1 is 0.356 bits per heavy atom. The van der Waals surface area contributed by atoms with Gasteiger partial charge in [-0.3, -0.25) is 0 Å². The maximum atomic E-state index is 2.58. The van der Waals surface area contributed by atoms with Gasteiger partial charge in [0.1, 0.15) is 0 Å². The first-order valence-corrected chi connectivity index (χ1v) is 25.4. The Balaban J connectivity index is 0.959. The molecule has 0 radical (unpaired) electrons. The van der Waals surface area contributed by atoms with Crippen molar-refractivity contribution in [2.75, 3.05) is 14.7 Å². The Hall–Kier alpha value is -9.18. The monoisotopic (exact) mass is 937 g/mol. The third-order valence-electron chi connectivity index (χ3n) is 14.3. The number of fused-ring (bicyclic) bond motifs is 2. The highest BCUT2D eigenvalue weighted by molar-refractivity contribution is 6.13. The van der Waals surface area contributed by atoms with Crippen molar-refractivity contribution in [3.8, 4) is 11.1 Å². The van der Waals surface area contributed by atoms with E-state index in [1.807, 2.05) is 0 Å². The summed E-state index contributed by atoms with van der Waals surface area (Å²) in [7, 11) is 0. The molecule has 1 aliphatic rings. The van der Waals surface area contributed by atoms with Crippen LogP contribution in [-0.4, -0.2) is 6.04 Å². The predicted octanol–water partition coefficient (Wildman–Crippen LogP) is 19.1.